The van der Waals surface area contributed by atoms with Crippen LogP contribution in [-0.4, -0.2) is 16.9 Å². The fourth-order valence-electron chi connectivity index (χ4n) is 2.24. The molecule has 0 bridgehead atoms. The van der Waals surface area contributed by atoms with Crippen LogP contribution in [-0.2, 0) is 11.3 Å². The fraction of sp³-hybridized carbons (Fsp3) is 0.375. The molecule has 1 heterocycles. The number of fused-ring (bicyclic) bond motifs is 1. The van der Waals surface area contributed by atoms with Gasteiger partial charge in [-0.05, 0) is 24.0 Å². The first-order valence-corrected chi connectivity index (χ1v) is 6.94. The maximum absolute atomic E-state index is 11.9. The van der Waals surface area contributed by atoms with E-state index in [1.54, 1.807) is 6.20 Å². The van der Waals surface area contributed by atoms with Gasteiger partial charge in [-0.1, -0.05) is 38.1 Å². The van der Waals surface area contributed by atoms with Gasteiger partial charge in [0, 0.05) is 18.1 Å². The second kappa shape index (κ2) is 6.48. The molecule has 0 aliphatic rings. The third-order valence-corrected chi connectivity index (χ3v) is 3.23. The van der Waals surface area contributed by atoms with Crippen molar-refractivity contribution in [2.75, 3.05) is 0 Å². The first-order valence-electron chi connectivity index (χ1n) is 6.94. The van der Waals surface area contributed by atoms with Crippen LogP contribution in [0, 0.1) is 5.92 Å². The molecule has 0 unspecified atom stereocenters. The molecule has 0 aliphatic carbocycles. The number of benzene rings is 1. The number of nitrogens with one attached hydrogen (secondary N) is 1. The number of aromatic nitrogens is 1. The van der Waals surface area contributed by atoms with E-state index in [-0.39, 0.29) is 5.91 Å². The monoisotopic (exact) mass is 271 g/mol. The molecule has 1 aromatic heterocycles. The number of pyridine rings is 1. The van der Waals surface area contributed by atoms with Gasteiger partial charge in [-0.2, -0.15) is 0 Å². The van der Waals surface area contributed by atoms with Crippen molar-refractivity contribution in [1.82, 2.24) is 10.3 Å². The van der Waals surface area contributed by atoms with Crippen LogP contribution in [0.15, 0.2) is 36.5 Å². The van der Waals surface area contributed by atoms with Crippen LogP contribution in [0.2, 0.25) is 0 Å². The maximum Gasteiger partial charge on any atom is 0.237 e. The summed E-state index contributed by atoms with van der Waals surface area (Å²) in [5, 5.41) is 3.97. The summed E-state index contributed by atoms with van der Waals surface area (Å²) in [6.07, 6.45) is 2.46. The average Bonchev–Trinajstić information content (AvgIpc) is 2.44. The number of carbonyl (C=O) groups excluding carboxylic acids is 1. The summed E-state index contributed by atoms with van der Waals surface area (Å²) in [4.78, 5) is 16.3. The van der Waals surface area contributed by atoms with E-state index in [2.05, 4.69) is 24.1 Å². The van der Waals surface area contributed by atoms with E-state index >= 15 is 0 Å². The number of nitrogens with zero attached hydrogens (tertiary/aromatic N) is 1. The molecule has 20 heavy (non-hydrogen) atoms. The summed E-state index contributed by atoms with van der Waals surface area (Å²) < 4.78 is 0. The second-order valence-corrected chi connectivity index (χ2v) is 5.45. The third-order valence-electron chi connectivity index (χ3n) is 3.23. The number of hydrogen-bond acceptors (Lipinski definition) is 3. The highest BCUT2D eigenvalue weighted by atomic mass is 16.2. The molecule has 0 aliphatic heterocycles. The lowest BCUT2D eigenvalue weighted by Crippen LogP contribution is -2.41. The van der Waals surface area contributed by atoms with Crippen LogP contribution in [0.25, 0.3) is 10.9 Å². The van der Waals surface area contributed by atoms with Crippen LogP contribution >= 0.6 is 0 Å². The predicted octanol–water partition coefficient (Wildman–Crippen LogP) is 2.22. The van der Waals surface area contributed by atoms with Gasteiger partial charge >= 0.3 is 0 Å². The standard InChI is InChI=1S/C16H21N3O/c1-11(2)9-14(17)16(20)19-10-13-6-3-5-12-7-4-8-18-15(12)13/h3-8,11,14H,9-10,17H2,1-2H3,(H,19,20)/t14-/m0/s1. The normalized spacial score (nSPS) is 12.6. The number of carbonyl (C=O) groups is 1. The predicted molar refractivity (Wildman–Crippen MR) is 81.0 cm³/mol. The highest BCUT2D eigenvalue weighted by Crippen LogP contribution is 2.15. The number of nitrogens with two attached hydrogens (primary N) is 1. The lowest BCUT2D eigenvalue weighted by Gasteiger charge is -2.14. The zero-order chi connectivity index (χ0) is 14.5. The van der Waals surface area contributed by atoms with E-state index in [1.165, 1.54) is 0 Å². The summed E-state index contributed by atoms with van der Waals surface area (Å²) in [5.74, 6) is 0.307. The Hall–Kier alpha value is -1.94. The minimum Gasteiger partial charge on any atom is -0.351 e. The number of hydrogen-bond donors (Lipinski definition) is 2. The van der Waals surface area contributed by atoms with Crippen molar-refractivity contribution in [1.29, 1.82) is 0 Å². The van der Waals surface area contributed by atoms with Crippen LogP contribution < -0.4 is 11.1 Å². The molecule has 0 fully saturated rings. The molecule has 4 nitrogen and oxygen atoms in total. The number of rotatable bonds is 5. The van der Waals surface area contributed by atoms with Crippen LogP contribution in [0.3, 0.4) is 0 Å². The molecule has 0 saturated carbocycles. The third kappa shape index (κ3) is 3.54. The van der Waals surface area contributed by atoms with E-state index in [9.17, 15) is 4.79 Å². The summed E-state index contributed by atoms with van der Waals surface area (Å²) in [5.41, 5.74) is 7.80. The van der Waals surface area contributed by atoms with Gasteiger partial charge in [0.05, 0.1) is 11.6 Å². The van der Waals surface area contributed by atoms with Gasteiger partial charge in [-0.15, -0.1) is 0 Å². The highest BCUT2D eigenvalue weighted by Gasteiger charge is 2.14. The number of para-hydroxylation sites is 1. The first kappa shape index (κ1) is 14.5. The molecule has 2 aromatic rings. The van der Waals surface area contributed by atoms with Crippen molar-refractivity contribution in [3.8, 4) is 0 Å². The summed E-state index contributed by atoms with van der Waals surface area (Å²) in [7, 11) is 0. The van der Waals surface area contributed by atoms with E-state index in [0.29, 0.717) is 18.9 Å². The Labute approximate surface area is 119 Å². The fourth-order valence-corrected chi connectivity index (χ4v) is 2.24. The van der Waals surface area contributed by atoms with Gasteiger partial charge in [0.15, 0.2) is 0 Å². The Morgan fingerprint density at radius 2 is 2.05 bits per heavy atom. The van der Waals surface area contributed by atoms with Crippen LogP contribution in [0.1, 0.15) is 25.8 Å². The van der Waals surface area contributed by atoms with Crippen molar-refractivity contribution in [2.45, 2.75) is 32.9 Å². The highest BCUT2D eigenvalue weighted by molar-refractivity contribution is 5.84. The summed E-state index contributed by atoms with van der Waals surface area (Å²) in [6.45, 7) is 4.57. The lowest BCUT2D eigenvalue weighted by atomic mass is 10.0. The van der Waals surface area contributed by atoms with Crippen LogP contribution in [0.4, 0.5) is 0 Å². The van der Waals surface area contributed by atoms with Gasteiger partial charge in [-0.3, -0.25) is 9.78 Å². The molecular formula is C16H21N3O. The van der Waals surface area contributed by atoms with Gasteiger partial charge in [0.2, 0.25) is 5.91 Å². The molecule has 1 aromatic carbocycles. The van der Waals surface area contributed by atoms with Gasteiger partial charge in [-0.25, -0.2) is 0 Å². The first-order chi connectivity index (χ1) is 9.58. The van der Waals surface area contributed by atoms with Crippen molar-refractivity contribution in [2.24, 2.45) is 11.7 Å². The minimum atomic E-state index is -0.446. The minimum absolute atomic E-state index is 0.105. The van der Waals surface area contributed by atoms with Crippen molar-refractivity contribution >= 4 is 16.8 Å². The van der Waals surface area contributed by atoms with Crippen molar-refractivity contribution < 1.29 is 4.79 Å². The Morgan fingerprint density at radius 3 is 2.80 bits per heavy atom. The second-order valence-electron chi connectivity index (χ2n) is 5.45. The van der Waals surface area contributed by atoms with E-state index in [0.717, 1.165) is 16.5 Å². The van der Waals surface area contributed by atoms with Gasteiger partial charge in [0.1, 0.15) is 0 Å². The molecule has 0 spiro atoms. The lowest BCUT2D eigenvalue weighted by molar-refractivity contribution is -0.122. The molecule has 106 valence electrons. The molecule has 0 radical (unpaired) electrons. The molecule has 2 rings (SSSR count). The molecule has 4 heteroatoms. The van der Waals surface area contributed by atoms with Crippen molar-refractivity contribution in [3.05, 3.63) is 42.1 Å². The van der Waals surface area contributed by atoms with Gasteiger partial charge < -0.3 is 11.1 Å². The van der Waals surface area contributed by atoms with Crippen molar-refractivity contribution in [3.63, 3.8) is 0 Å². The molecule has 3 N–H and O–H groups in total. The summed E-state index contributed by atoms with van der Waals surface area (Å²) >= 11 is 0. The molecule has 1 atom stereocenters. The maximum atomic E-state index is 11.9. The smallest absolute Gasteiger partial charge is 0.237 e. The van der Waals surface area contributed by atoms with Crippen LogP contribution in [0.5, 0.6) is 0 Å². The molecule has 0 saturated heterocycles. The topological polar surface area (TPSA) is 68.0 Å². The quantitative estimate of drug-likeness (QED) is 0.876. The van der Waals surface area contributed by atoms with E-state index in [4.69, 9.17) is 5.73 Å². The Bertz CT molecular complexity index is 590. The Balaban J connectivity index is 2.04. The molecule has 1 amide bonds. The summed E-state index contributed by atoms with van der Waals surface area (Å²) in [6, 6.07) is 9.43. The Morgan fingerprint density at radius 1 is 1.30 bits per heavy atom. The zero-order valence-corrected chi connectivity index (χ0v) is 12.0. The Kier molecular flexibility index (Phi) is 4.69. The van der Waals surface area contributed by atoms with Gasteiger partial charge in [0.25, 0.3) is 0 Å². The SMILES string of the molecule is CC(C)C[C@H](N)C(=O)NCc1cccc2cccnc12. The zero-order valence-electron chi connectivity index (χ0n) is 12.0. The molecular weight excluding hydrogens is 250 g/mol. The van der Waals surface area contributed by atoms with E-state index in [1.807, 2.05) is 30.3 Å². The number of amides is 1. The average molecular weight is 271 g/mol. The largest absolute Gasteiger partial charge is 0.351 e. The van der Waals surface area contributed by atoms with E-state index < -0.39 is 6.04 Å².